The van der Waals surface area contributed by atoms with E-state index in [-0.39, 0.29) is 0 Å². The zero-order chi connectivity index (χ0) is 10.7. The molecule has 1 fully saturated rings. The van der Waals surface area contributed by atoms with Crippen LogP contribution in [0.2, 0.25) is 0 Å². The molecule has 1 aliphatic heterocycles. The van der Waals surface area contributed by atoms with E-state index < -0.39 is 0 Å². The first-order valence-electron chi connectivity index (χ1n) is 5.77. The highest BCUT2D eigenvalue weighted by atomic mass is 14.9. The van der Waals surface area contributed by atoms with Crippen LogP contribution in [-0.4, -0.2) is 23.1 Å². The van der Waals surface area contributed by atoms with E-state index in [0.717, 1.165) is 19.5 Å². The second-order valence-corrected chi connectivity index (χ2v) is 4.72. The van der Waals surface area contributed by atoms with Crippen molar-refractivity contribution in [1.29, 1.82) is 0 Å². The van der Waals surface area contributed by atoms with Gasteiger partial charge in [-0.05, 0) is 30.9 Å². The van der Waals surface area contributed by atoms with Crippen LogP contribution in [0.25, 0.3) is 0 Å². The second kappa shape index (κ2) is 4.71. The van der Waals surface area contributed by atoms with E-state index >= 15 is 0 Å². The van der Waals surface area contributed by atoms with Gasteiger partial charge in [-0.2, -0.15) is 0 Å². The molecule has 0 spiro atoms. The fourth-order valence-corrected chi connectivity index (χ4v) is 2.22. The van der Waals surface area contributed by atoms with Gasteiger partial charge >= 0.3 is 0 Å². The topological polar surface area (TPSA) is 37.8 Å². The molecule has 82 valence electrons. The molecule has 2 heterocycles. The van der Waals surface area contributed by atoms with Gasteiger partial charge in [-0.25, -0.2) is 9.97 Å². The number of rotatable bonds is 3. The molecule has 0 radical (unpaired) electrons. The normalized spacial score (nSPS) is 21.1. The van der Waals surface area contributed by atoms with E-state index in [1.54, 1.807) is 6.33 Å². The third-order valence-electron chi connectivity index (χ3n) is 2.90. The smallest absolute Gasteiger partial charge is 0.115 e. The van der Waals surface area contributed by atoms with E-state index in [2.05, 4.69) is 29.1 Å². The average molecular weight is 205 g/mol. The summed E-state index contributed by atoms with van der Waals surface area (Å²) in [4.78, 5) is 8.60. The Labute approximate surface area is 91.3 Å². The number of aromatic nitrogens is 2. The summed E-state index contributed by atoms with van der Waals surface area (Å²) < 4.78 is 0. The summed E-state index contributed by atoms with van der Waals surface area (Å²) in [6, 6.07) is 0. The molecule has 0 amide bonds. The van der Waals surface area contributed by atoms with Crippen LogP contribution < -0.4 is 5.32 Å². The number of nitrogens with zero attached hydrogens (tertiary/aromatic N) is 2. The van der Waals surface area contributed by atoms with E-state index in [4.69, 9.17) is 0 Å². The van der Waals surface area contributed by atoms with Crippen molar-refractivity contribution < 1.29 is 0 Å². The Kier molecular flexibility index (Phi) is 3.31. The van der Waals surface area contributed by atoms with Gasteiger partial charge in [0.25, 0.3) is 0 Å². The minimum Gasteiger partial charge on any atom is -0.316 e. The summed E-state index contributed by atoms with van der Waals surface area (Å²) >= 11 is 0. The molecule has 1 aliphatic rings. The quantitative estimate of drug-likeness (QED) is 0.817. The van der Waals surface area contributed by atoms with Gasteiger partial charge < -0.3 is 5.32 Å². The standard InChI is InChI=1S/C12H19N3/c1-9(2)5-11-7-14-8-15-12(11)10-3-4-13-6-10/h7-10,13H,3-6H2,1-2H3. The van der Waals surface area contributed by atoms with Crippen molar-refractivity contribution in [3.8, 4) is 0 Å². The van der Waals surface area contributed by atoms with Crippen molar-refractivity contribution in [1.82, 2.24) is 15.3 Å². The molecule has 3 nitrogen and oxygen atoms in total. The van der Waals surface area contributed by atoms with Gasteiger partial charge in [-0.1, -0.05) is 13.8 Å². The minimum atomic E-state index is 0.599. The van der Waals surface area contributed by atoms with Crippen LogP contribution in [0.15, 0.2) is 12.5 Å². The molecule has 15 heavy (non-hydrogen) atoms. The van der Waals surface area contributed by atoms with Gasteiger partial charge in [-0.3, -0.25) is 0 Å². The van der Waals surface area contributed by atoms with Gasteiger partial charge in [-0.15, -0.1) is 0 Å². The lowest BCUT2D eigenvalue weighted by atomic mass is 9.95. The molecule has 1 aromatic rings. The van der Waals surface area contributed by atoms with Crippen molar-refractivity contribution in [3.63, 3.8) is 0 Å². The molecule has 1 atom stereocenters. The maximum absolute atomic E-state index is 4.46. The molecule has 3 heteroatoms. The Morgan fingerprint density at radius 2 is 2.40 bits per heavy atom. The first-order valence-corrected chi connectivity index (χ1v) is 5.77. The molecule has 2 rings (SSSR count). The Morgan fingerprint density at radius 3 is 3.07 bits per heavy atom. The molecule has 1 aromatic heterocycles. The molecule has 0 saturated carbocycles. The Balaban J connectivity index is 2.20. The lowest BCUT2D eigenvalue weighted by molar-refractivity contribution is 0.622. The van der Waals surface area contributed by atoms with Crippen LogP contribution in [0.1, 0.15) is 37.4 Å². The second-order valence-electron chi connectivity index (χ2n) is 4.72. The molecular weight excluding hydrogens is 186 g/mol. The summed E-state index contributed by atoms with van der Waals surface area (Å²) in [6.07, 6.45) is 5.97. The molecule has 0 aliphatic carbocycles. The van der Waals surface area contributed by atoms with Crippen LogP contribution in [0, 0.1) is 5.92 Å². The largest absolute Gasteiger partial charge is 0.316 e. The van der Waals surface area contributed by atoms with Crippen molar-refractivity contribution in [2.24, 2.45) is 5.92 Å². The summed E-state index contributed by atoms with van der Waals surface area (Å²) in [5, 5.41) is 3.39. The van der Waals surface area contributed by atoms with E-state index in [1.807, 2.05) is 6.20 Å². The van der Waals surface area contributed by atoms with Crippen LogP contribution in [0.3, 0.4) is 0 Å². The van der Waals surface area contributed by atoms with E-state index in [0.29, 0.717) is 11.8 Å². The zero-order valence-corrected chi connectivity index (χ0v) is 9.53. The summed E-state index contributed by atoms with van der Waals surface area (Å²) in [6.45, 7) is 6.67. The van der Waals surface area contributed by atoms with Gasteiger partial charge in [0.1, 0.15) is 6.33 Å². The fraction of sp³-hybridized carbons (Fsp3) is 0.667. The van der Waals surface area contributed by atoms with Gasteiger partial charge in [0.2, 0.25) is 0 Å². The van der Waals surface area contributed by atoms with Gasteiger partial charge in [0.05, 0.1) is 5.69 Å². The van der Waals surface area contributed by atoms with E-state index in [1.165, 1.54) is 17.7 Å². The molecule has 1 saturated heterocycles. The van der Waals surface area contributed by atoms with Crippen molar-refractivity contribution in [2.45, 2.75) is 32.6 Å². The first-order chi connectivity index (χ1) is 7.27. The minimum absolute atomic E-state index is 0.599. The monoisotopic (exact) mass is 205 g/mol. The van der Waals surface area contributed by atoms with Gasteiger partial charge in [0.15, 0.2) is 0 Å². The zero-order valence-electron chi connectivity index (χ0n) is 9.53. The third-order valence-corrected chi connectivity index (χ3v) is 2.90. The molecule has 1 unspecified atom stereocenters. The molecule has 1 N–H and O–H groups in total. The van der Waals surface area contributed by atoms with Crippen molar-refractivity contribution in [2.75, 3.05) is 13.1 Å². The maximum atomic E-state index is 4.46. The first kappa shape index (κ1) is 10.6. The maximum Gasteiger partial charge on any atom is 0.115 e. The Hall–Kier alpha value is -0.960. The van der Waals surface area contributed by atoms with Crippen molar-refractivity contribution in [3.05, 3.63) is 23.8 Å². The van der Waals surface area contributed by atoms with Crippen LogP contribution >= 0.6 is 0 Å². The highest BCUT2D eigenvalue weighted by Gasteiger charge is 2.20. The Bertz CT molecular complexity index is 316. The molecular formula is C12H19N3. The molecule has 0 bridgehead atoms. The third kappa shape index (κ3) is 2.53. The summed E-state index contributed by atoms with van der Waals surface area (Å²) in [5.74, 6) is 1.27. The average Bonchev–Trinajstić information content (AvgIpc) is 2.70. The van der Waals surface area contributed by atoms with Crippen LogP contribution in [-0.2, 0) is 6.42 Å². The summed E-state index contributed by atoms with van der Waals surface area (Å²) in [7, 11) is 0. The Morgan fingerprint density at radius 1 is 1.53 bits per heavy atom. The van der Waals surface area contributed by atoms with E-state index in [9.17, 15) is 0 Å². The molecule has 0 aromatic carbocycles. The summed E-state index contributed by atoms with van der Waals surface area (Å²) in [5.41, 5.74) is 2.60. The van der Waals surface area contributed by atoms with Crippen LogP contribution in [0.5, 0.6) is 0 Å². The highest BCUT2D eigenvalue weighted by Crippen LogP contribution is 2.24. The highest BCUT2D eigenvalue weighted by molar-refractivity contribution is 5.22. The van der Waals surface area contributed by atoms with Gasteiger partial charge in [0, 0.05) is 18.7 Å². The number of hydrogen-bond donors (Lipinski definition) is 1. The number of hydrogen-bond acceptors (Lipinski definition) is 3. The lowest BCUT2D eigenvalue weighted by Gasteiger charge is -2.14. The predicted octanol–water partition coefficient (Wildman–Crippen LogP) is 1.75. The predicted molar refractivity (Wildman–Crippen MR) is 60.8 cm³/mol. The SMILES string of the molecule is CC(C)Cc1cncnc1C1CCNC1. The lowest BCUT2D eigenvalue weighted by Crippen LogP contribution is -2.12. The van der Waals surface area contributed by atoms with Crippen LogP contribution in [0.4, 0.5) is 0 Å². The fourth-order valence-electron chi connectivity index (χ4n) is 2.22. The number of nitrogens with one attached hydrogen (secondary N) is 1. The van der Waals surface area contributed by atoms with Crippen molar-refractivity contribution >= 4 is 0 Å².